The van der Waals surface area contributed by atoms with Crippen molar-refractivity contribution < 1.29 is 0 Å². The Hall–Kier alpha value is 0.270. The molecule has 2 rings (SSSR count). The molecule has 1 saturated heterocycles. The van der Waals surface area contributed by atoms with Crippen molar-refractivity contribution in [3.63, 3.8) is 0 Å². The average Bonchev–Trinajstić information content (AvgIpc) is 2.79. The van der Waals surface area contributed by atoms with E-state index in [1.807, 2.05) is 0 Å². The van der Waals surface area contributed by atoms with E-state index >= 15 is 0 Å². The topological polar surface area (TPSA) is 29.3 Å². The molecular formula is C14H28N2S. The van der Waals surface area contributed by atoms with Crippen LogP contribution in [0.2, 0.25) is 0 Å². The third-order valence-electron chi connectivity index (χ3n) is 4.59. The second-order valence-corrected chi connectivity index (χ2v) is 6.91. The fourth-order valence-electron chi connectivity index (χ4n) is 3.68. The molecule has 0 aromatic heterocycles. The summed E-state index contributed by atoms with van der Waals surface area (Å²) in [5, 5.41) is 0. The lowest BCUT2D eigenvalue weighted by Crippen LogP contribution is -2.46. The number of fused-ring (bicyclic) bond motifs is 1. The van der Waals surface area contributed by atoms with Crippen LogP contribution in [-0.4, -0.2) is 41.6 Å². The van der Waals surface area contributed by atoms with Gasteiger partial charge in [-0.1, -0.05) is 19.8 Å². The minimum absolute atomic E-state index is 0.655. The first-order valence-corrected chi connectivity index (χ1v) is 8.55. The third-order valence-corrected chi connectivity index (χ3v) is 5.53. The van der Waals surface area contributed by atoms with Gasteiger partial charge in [0.15, 0.2) is 0 Å². The zero-order chi connectivity index (χ0) is 12.1. The van der Waals surface area contributed by atoms with Gasteiger partial charge in [-0.3, -0.25) is 4.90 Å². The highest BCUT2D eigenvalue weighted by atomic mass is 32.2. The molecule has 0 bridgehead atoms. The van der Waals surface area contributed by atoms with Gasteiger partial charge in [-0.15, -0.1) is 0 Å². The predicted molar refractivity (Wildman–Crippen MR) is 77.5 cm³/mol. The molecule has 1 heterocycles. The van der Waals surface area contributed by atoms with Gasteiger partial charge in [-0.25, -0.2) is 0 Å². The number of nitrogens with two attached hydrogens (primary N) is 1. The molecule has 3 unspecified atom stereocenters. The van der Waals surface area contributed by atoms with Crippen LogP contribution in [0.1, 0.15) is 45.4 Å². The molecule has 1 saturated carbocycles. The van der Waals surface area contributed by atoms with E-state index in [-0.39, 0.29) is 0 Å². The van der Waals surface area contributed by atoms with Gasteiger partial charge in [0.1, 0.15) is 0 Å². The molecule has 2 aliphatic rings. The predicted octanol–water partition coefficient (Wildman–Crippen LogP) is 2.72. The van der Waals surface area contributed by atoms with Crippen LogP contribution in [-0.2, 0) is 0 Å². The molecule has 0 spiro atoms. The van der Waals surface area contributed by atoms with Crippen LogP contribution in [0.5, 0.6) is 0 Å². The minimum Gasteiger partial charge on any atom is -0.329 e. The lowest BCUT2D eigenvalue weighted by molar-refractivity contribution is 0.133. The van der Waals surface area contributed by atoms with E-state index in [9.17, 15) is 0 Å². The summed E-state index contributed by atoms with van der Waals surface area (Å²) >= 11 is 2.06. The van der Waals surface area contributed by atoms with Crippen molar-refractivity contribution in [3.05, 3.63) is 0 Å². The van der Waals surface area contributed by atoms with Crippen LogP contribution in [0.3, 0.4) is 0 Å². The van der Waals surface area contributed by atoms with Gasteiger partial charge in [0.2, 0.25) is 0 Å². The minimum atomic E-state index is 0.655. The van der Waals surface area contributed by atoms with E-state index in [1.54, 1.807) is 0 Å². The number of nitrogens with zero attached hydrogens (tertiary/aromatic N) is 1. The number of rotatable bonds is 6. The highest BCUT2D eigenvalue weighted by Gasteiger charge is 2.38. The Balaban J connectivity index is 1.85. The first-order chi connectivity index (χ1) is 8.36. The second-order valence-electron chi connectivity index (χ2n) is 5.51. The summed E-state index contributed by atoms with van der Waals surface area (Å²) in [6, 6.07) is 1.53. The number of hydrogen-bond acceptors (Lipinski definition) is 3. The molecule has 100 valence electrons. The van der Waals surface area contributed by atoms with Crippen molar-refractivity contribution in [1.29, 1.82) is 0 Å². The molecule has 3 heteroatoms. The molecule has 1 aliphatic carbocycles. The number of hydrogen-bond donors (Lipinski definition) is 1. The molecule has 2 N–H and O–H groups in total. The van der Waals surface area contributed by atoms with Crippen LogP contribution in [0, 0.1) is 5.92 Å². The molecule has 2 fully saturated rings. The Morgan fingerprint density at radius 1 is 1.29 bits per heavy atom. The maximum absolute atomic E-state index is 6.01. The smallest absolute Gasteiger partial charge is 0.0229 e. The Bertz CT molecular complexity index is 222. The van der Waals surface area contributed by atoms with E-state index in [1.165, 1.54) is 56.6 Å². The molecule has 3 atom stereocenters. The Morgan fingerprint density at radius 2 is 2.12 bits per heavy atom. The van der Waals surface area contributed by atoms with Gasteiger partial charge in [-0.05, 0) is 49.7 Å². The van der Waals surface area contributed by atoms with Crippen molar-refractivity contribution in [2.24, 2.45) is 11.7 Å². The zero-order valence-corrected chi connectivity index (χ0v) is 12.1. The fraction of sp³-hybridized carbons (Fsp3) is 1.00. The summed E-state index contributed by atoms with van der Waals surface area (Å²) < 4.78 is 0. The normalized spacial score (nSPS) is 31.4. The van der Waals surface area contributed by atoms with Gasteiger partial charge in [0.05, 0.1) is 0 Å². The van der Waals surface area contributed by atoms with E-state index in [0.717, 1.165) is 18.5 Å². The van der Waals surface area contributed by atoms with Crippen LogP contribution in [0.25, 0.3) is 0 Å². The van der Waals surface area contributed by atoms with E-state index in [4.69, 9.17) is 5.73 Å². The average molecular weight is 256 g/mol. The molecule has 0 aromatic carbocycles. The van der Waals surface area contributed by atoms with Crippen LogP contribution in [0.15, 0.2) is 0 Å². The summed E-state index contributed by atoms with van der Waals surface area (Å²) in [5.41, 5.74) is 6.01. The summed E-state index contributed by atoms with van der Waals surface area (Å²) in [6.45, 7) is 4.41. The lowest BCUT2D eigenvalue weighted by Gasteiger charge is -2.36. The standard InChI is InChI=1S/C14H28N2S/c1-2-17-10-8-13(11-15)16-9-7-12-5-3-4-6-14(12)16/h12-14H,2-11,15H2,1H3. The first-order valence-electron chi connectivity index (χ1n) is 7.40. The summed E-state index contributed by atoms with van der Waals surface area (Å²) in [7, 11) is 0. The molecule has 0 aromatic rings. The summed E-state index contributed by atoms with van der Waals surface area (Å²) in [4.78, 5) is 2.76. The third kappa shape index (κ3) is 3.39. The Kier molecular flexibility index (Phi) is 5.64. The second kappa shape index (κ2) is 7.01. The van der Waals surface area contributed by atoms with E-state index < -0.39 is 0 Å². The maximum atomic E-state index is 6.01. The molecule has 0 radical (unpaired) electrons. The SMILES string of the molecule is CCSCCC(CN)N1CCC2CCCCC21. The van der Waals surface area contributed by atoms with Crippen molar-refractivity contribution in [2.45, 2.75) is 57.5 Å². The first kappa shape index (κ1) is 13.7. The Labute approximate surface area is 111 Å². The van der Waals surface area contributed by atoms with Gasteiger partial charge < -0.3 is 5.73 Å². The molecule has 1 aliphatic heterocycles. The number of likely N-dealkylation sites (tertiary alicyclic amines) is 1. The fourth-order valence-corrected chi connectivity index (χ4v) is 4.41. The Morgan fingerprint density at radius 3 is 2.88 bits per heavy atom. The quantitative estimate of drug-likeness (QED) is 0.741. The lowest BCUT2D eigenvalue weighted by atomic mass is 9.85. The van der Waals surface area contributed by atoms with Gasteiger partial charge in [0.25, 0.3) is 0 Å². The van der Waals surface area contributed by atoms with Crippen LogP contribution >= 0.6 is 11.8 Å². The zero-order valence-electron chi connectivity index (χ0n) is 11.2. The van der Waals surface area contributed by atoms with Crippen molar-refractivity contribution in [3.8, 4) is 0 Å². The van der Waals surface area contributed by atoms with Crippen LogP contribution in [0.4, 0.5) is 0 Å². The van der Waals surface area contributed by atoms with Gasteiger partial charge in [0, 0.05) is 18.6 Å². The summed E-state index contributed by atoms with van der Waals surface area (Å²) in [5.74, 6) is 3.52. The monoisotopic (exact) mass is 256 g/mol. The molecule has 0 amide bonds. The molecular weight excluding hydrogens is 228 g/mol. The van der Waals surface area contributed by atoms with Crippen molar-refractivity contribution in [2.75, 3.05) is 24.6 Å². The largest absolute Gasteiger partial charge is 0.329 e. The van der Waals surface area contributed by atoms with E-state index in [2.05, 4.69) is 23.6 Å². The highest BCUT2D eigenvalue weighted by Crippen LogP contribution is 2.37. The number of thioether (sulfide) groups is 1. The van der Waals surface area contributed by atoms with Crippen molar-refractivity contribution in [1.82, 2.24) is 4.90 Å². The van der Waals surface area contributed by atoms with E-state index in [0.29, 0.717) is 6.04 Å². The molecule has 2 nitrogen and oxygen atoms in total. The van der Waals surface area contributed by atoms with Gasteiger partial charge in [-0.2, -0.15) is 11.8 Å². The molecule has 17 heavy (non-hydrogen) atoms. The summed E-state index contributed by atoms with van der Waals surface area (Å²) in [6.07, 6.45) is 8.54. The maximum Gasteiger partial charge on any atom is 0.0229 e. The van der Waals surface area contributed by atoms with Crippen LogP contribution < -0.4 is 5.73 Å². The highest BCUT2D eigenvalue weighted by molar-refractivity contribution is 7.99. The van der Waals surface area contributed by atoms with Gasteiger partial charge >= 0.3 is 0 Å². The van der Waals surface area contributed by atoms with Crippen molar-refractivity contribution >= 4 is 11.8 Å².